The van der Waals surface area contributed by atoms with E-state index in [1.54, 1.807) is 0 Å². The molecule has 3 rings (SSSR count). The smallest absolute Gasteiger partial charge is 0.334 e. The fourth-order valence-corrected chi connectivity index (χ4v) is 5.14. The first-order valence-corrected chi connectivity index (χ1v) is 8.11. The van der Waals surface area contributed by atoms with Crippen LogP contribution in [-0.4, -0.2) is 46.6 Å². The third-order valence-electron chi connectivity index (χ3n) is 6.09. The lowest BCUT2D eigenvalue weighted by Crippen LogP contribution is -2.51. The predicted molar refractivity (Wildman–Crippen MR) is 80.1 cm³/mol. The summed E-state index contributed by atoms with van der Waals surface area (Å²) in [5.41, 5.74) is -0.565. The molecular formula is C17H24O6. The van der Waals surface area contributed by atoms with E-state index in [2.05, 4.69) is 6.58 Å². The van der Waals surface area contributed by atoms with Gasteiger partial charge in [-0.2, -0.15) is 0 Å². The predicted octanol–water partition coefficient (Wildman–Crippen LogP) is 0.804. The molecule has 1 saturated heterocycles. The van der Waals surface area contributed by atoms with Gasteiger partial charge in [-0.1, -0.05) is 20.4 Å². The van der Waals surface area contributed by atoms with E-state index in [4.69, 9.17) is 9.47 Å². The maximum atomic E-state index is 12.0. The molecule has 3 fully saturated rings. The molecule has 1 heterocycles. The van der Waals surface area contributed by atoms with Crippen molar-refractivity contribution in [2.24, 2.45) is 23.2 Å². The van der Waals surface area contributed by atoms with E-state index < -0.39 is 47.7 Å². The summed E-state index contributed by atoms with van der Waals surface area (Å²) in [5.74, 6) is -1.66. The zero-order valence-corrected chi connectivity index (χ0v) is 13.7. The Morgan fingerprint density at radius 1 is 1.39 bits per heavy atom. The Kier molecular flexibility index (Phi) is 3.80. The van der Waals surface area contributed by atoms with Crippen molar-refractivity contribution in [1.82, 2.24) is 0 Å². The Morgan fingerprint density at radius 2 is 2.04 bits per heavy atom. The number of rotatable bonds is 1. The normalized spacial score (nSPS) is 49.2. The second kappa shape index (κ2) is 5.31. The second-order valence-electron chi connectivity index (χ2n) is 7.45. The average Bonchev–Trinajstić information content (AvgIpc) is 2.79. The van der Waals surface area contributed by atoms with Crippen molar-refractivity contribution in [2.45, 2.75) is 58.0 Å². The summed E-state index contributed by atoms with van der Waals surface area (Å²) < 4.78 is 11.0. The minimum Gasteiger partial charge on any atom is -0.461 e. The minimum absolute atomic E-state index is 0.0129. The molecule has 0 aromatic heterocycles. The summed E-state index contributed by atoms with van der Waals surface area (Å²) in [6.45, 7) is 8.94. The highest BCUT2D eigenvalue weighted by Crippen LogP contribution is 2.58. The first-order chi connectivity index (χ1) is 10.7. The lowest BCUT2D eigenvalue weighted by atomic mass is 9.67. The van der Waals surface area contributed by atoms with Crippen LogP contribution < -0.4 is 0 Å². The van der Waals surface area contributed by atoms with E-state index in [0.29, 0.717) is 6.42 Å². The van der Waals surface area contributed by atoms with E-state index >= 15 is 0 Å². The Bertz CT molecular complexity index is 557. The molecule has 6 heteroatoms. The van der Waals surface area contributed by atoms with Crippen LogP contribution in [0.15, 0.2) is 12.2 Å². The molecule has 0 unspecified atom stereocenters. The van der Waals surface area contributed by atoms with Crippen molar-refractivity contribution in [1.29, 1.82) is 0 Å². The number of esters is 2. The van der Waals surface area contributed by atoms with Gasteiger partial charge in [-0.05, 0) is 18.3 Å². The standard InChI is InChI=1S/C17H24O6/c1-7-5-11-13(8(2)16(21)23-11)15(22-9(3)18)17(4)12(20)6-10(19)14(7)17/h7,10-15,19-20H,2,5-6H2,1,3-4H3/t7-,10-,11+,12-,13-,14-,15+,17-/m1/s1. The molecule has 2 N–H and O–H groups in total. The molecule has 0 bridgehead atoms. The Morgan fingerprint density at radius 3 is 2.65 bits per heavy atom. The summed E-state index contributed by atoms with van der Waals surface area (Å²) in [5, 5.41) is 21.1. The van der Waals surface area contributed by atoms with Gasteiger partial charge in [0.15, 0.2) is 0 Å². The lowest BCUT2D eigenvalue weighted by molar-refractivity contribution is -0.168. The van der Waals surface area contributed by atoms with E-state index in [-0.39, 0.29) is 23.8 Å². The first kappa shape index (κ1) is 16.5. The minimum atomic E-state index is -0.846. The van der Waals surface area contributed by atoms with Crippen LogP contribution in [0.1, 0.15) is 33.6 Å². The van der Waals surface area contributed by atoms with Gasteiger partial charge in [0.2, 0.25) is 0 Å². The topological polar surface area (TPSA) is 93.1 Å². The molecule has 128 valence electrons. The van der Waals surface area contributed by atoms with Gasteiger partial charge in [0.05, 0.1) is 18.1 Å². The van der Waals surface area contributed by atoms with E-state index in [1.165, 1.54) is 6.92 Å². The van der Waals surface area contributed by atoms with Crippen LogP contribution in [0.4, 0.5) is 0 Å². The number of aliphatic hydroxyl groups is 2. The number of ether oxygens (including phenoxy) is 2. The van der Waals surface area contributed by atoms with Gasteiger partial charge in [-0.25, -0.2) is 4.79 Å². The molecule has 0 radical (unpaired) electrons. The maximum absolute atomic E-state index is 12.0. The van der Waals surface area contributed by atoms with Crippen LogP contribution in [0.2, 0.25) is 0 Å². The first-order valence-electron chi connectivity index (χ1n) is 8.11. The van der Waals surface area contributed by atoms with Gasteiger partial charge in [-0.3, -0.25) is 4.79 Å². The average molecular weight is 324 g/mol. The van der Waals surface area contributed by atoms with Crippen molar-refractivity contribution in [3.8, 4) is 0 Å². The zero-order valence-electron chi connectivity index (χ0n) is 13.7. The summed E-state index contributed by atoms with van der Waals surface area (Å²) in [6, 6.07) is 0. The molecule has 1 aliphatic heterocycles. The number of fused-ring (bicyclic) bond motifs is 2. The molecule has 2 saturated carbocycles. The lowest BCUT2D eigenvalue weighted by Gasteiger charge is -2.43. The van der Waals surface area contributed by atoms with Gasteiger partial charge >= 0.3 is 11.9 Å². The van der Waals surface area contributed by atoms with Crippen molar-refractivity contribution in [3.05, 3.63) is 12.2 Å². The molecule has 6 nitrogen and oxygen atoms in total. The molecule has 8 atom stereocenters. The fourth-order valence-electron chi connectivity index (χ4n) is 5.14. The molecular weight excluding hydrogens is 300 g/mol. The van der Waals surface area contributed by atoms with Crippen molar-refractivity contribution >= 4 is 11.9 Å². The van der Waals surface area contributed by atoms with Crippen LogP contribution in [-0.2, 0) is 19.1 Å². The third-order valence-corrected chi connectivity index (χ3v) is 6.09. The SMILES string of the molecule is C=C1C(=O)O[C@H]2C[C@@H](C)[C@@H]3[C@H](O)C[C@@H](O)[C@@]3(C)[C@@H](OC(C)=O)[C@H]12. The molecule has 0 spiro atoms. The summed E-state index contributed by atoms with van der Waals surface area (Å²) >= 11 is 0. The molecule has 2 aliphatic carbocycles. The number of hydrogen-bond donors (Lipinski definition) is 2. The highest BCUT2D eigenvalue weighted by atomic mass is 16.6. The number of carbonyl (C=O) groups is 2. The van der Waals surface area contributed by atoms with Crippen molar-refractivity contribution < 1.29 is 29.3 Å². The van der Waals surface area contributed by atoms with Crippen LogP contribution in [0, 0.1) is 23.2 Å². The largest absolute Gasteiger partial charge is 0.461 e. The second-order valence-corrected chi connectivity index (χ2v) is 7.45. The summed E-state index contributed by atoms with van der Waals surface area (Å²) in [7, 11) is 0. The molecule has 23 heavy (non-hydrogen) atoms. The van der Waals surface area contributed by atoms with Crippen molar-refractivity contribution in [3.63, 3.8) is 0 Å². The van der Waals surface area contributed by atoms with Gasteiger partial charge in [0.25, 0.3) is 0 Å². The van der Waals surface area contributed by atoms with Crippen LogP contribution in [0.25, 0.3) is 0 Å². The van der Waals surface area contributed by atoms with Crippen LogP contribution in [0.3, 0.4) is 0 Å². The van der Waals surface area contributed by atoms with Crippen LogP contribution >= 0.6 is 0 Å². The Labute approximate surface area is 135 Å². The van der Waals surface area contributed by atoms with Gasteiger partial charge in [0.1, 0.15) is 12.2 Å². The monoisotopic (exact) mass is 324 g/mol. The highest BCUT2D eigenvalue weighted by Gasteiger charge is 2.65. The molecule has 3 aliphatic rings. The highest BCUT2D eigenvalue weighted by molar-refractivity contribution is 5.91. The van der Waals surface area contributed by atoms with Gasteiger partial charge in [0, 0.05) is 24.3 Å². The molecule has 0 aromatic carbocycles. The van der Waals surface area contributed by atoms with Crippen molar-refractivity contribution in [2.75, 3.05) is 0 Å². The molecule has 0 aromatic rings. The zero-order chi connectivity index (χ0) is 17.1. The Balaban J connectivity index is 2.12. The van der Waals surface area contributed by atoms with Crippen LogP contribution in [0.5, 0.6) is 0 Å². The maximum Gasteiger partial charge on any atom is 0.334 e. The van der Waals surface area contributed by atoms with Gasteiger partial charge < -0.3 is 19.7 Å². The number of aliphatic hydroxyl groups excluding tert-OH is 2. The summed E-state index contributed by atoms with van der Waals surface area (Å²) in [6.07, 6.45) is -1.89. The van der Waals surface area contributed by atoms with E-state index in [0.717, 1.165) is 0 Å². The Hall–Kier alpha value is -1.40. The quantitative estimate of drug-likeness (QED) is 0.547. The molecule has 0 amide bonds. The third kappa shape index (κ3) is 2.22. The van der Waals surface area contributed by atoms with E-state index in [1.807, 2.05) is 13.8 Å². The van der Waals surface area contributed by atoms with E-state index in [9.17, 15) is 19.8 Å². The number of carbonyl (C=O) groups excluding carboxylic acids is 2. The summed E-state index contributed by atoms with van der Waals surface area (Å²) in [4.78, 5) is 23.6. The fraction of sp³-hybridized carbons (Fsp3) is 0.765. The van der Waals surface area contributed by atoms with Gasteiger partial charge in [-0.15, -0.1) is 0 Å². The number of hydrogen-bond acceptors (Lipinski definition) is 6.